The number of amides is 2. The third-order valence-corrected chi connectivity index (χ3v) is 8.69. The number of allylic oxidation sites excluding steroid dienone is 1. The summed E-state index contributed by atoms with van der Waals surface area (Å²) in [5.41, 5.74) is 0.794. The SMILES string of the molecule is CC1=C[C@@H](C(C)(C)C)[C@H]2C(=O)N(c3ccccc3)C(=O)[C@H]2[C@H]1S(=O)(=O)c1ccccc1. The lowest BCUT2D eigenvalue weighted by Crippen LogP contribution is -2.46. The van der Waals surface area contributed by atoms with E-state index >= 15 is 0 Å². The molecule has 4 rings (SSSR count). The van der Waals surface area contributed by atoms with E-state index in [0.29, 0.717) is 11.3 Å². The number of carbonyl (C=O) groups excluding carboxylic acids is 2. The average Bonchev–Trinajstić information content (AvgIpc) is 2.98. The predicted molar refractivity (Wildman–Crippen MR) is 120 cm³/mol. The molecular formula is C25H27NO4S. The second kappa shape index (κ2) is 7.45. The zero-order valence-electron chi connectivity index (χ0n) is 18.1. The van der Waals surface area contributed by atoms with Crippen LogP contribution in [0, 0.1) is 23.2 Å². The molecule has 2 aromatic carbocycles. The molecule has 31 heavy (non-hydrogen) atoms. The van der Waals surface area contributed by atoms with E-state index in [-0.39, 0.29) is 22.1 Å². The highest BCUT2D eigenvalue weighted by atomic mass is 32.2. The number of imide groups is 1. The van der Waals surface area contributed by atoms with Gasteiger partial charge in [-0.2, -0.15) is 0 Å². The van der Waals surface area contributed by atoms with E-state index in [2.05, 4.69) is 0 Å². The largest absolute Gasteiger partial charge is 0.274 e. The molecule has 0 aromatic heterocycles. The Morgan fingerprint density at radius 2 is 1.32 bits per heavy atom. The van der Waals surface area contributed by atoms with Gasteiger partial charge in [-0.25, -0.2) is 13.3 Å². The topological polar surface area (TPSA) is 71.5 Å². The third kappa shape index (κ3) is 3.43. The van der Waals surface area contributed by atoms with E-state index in [1.54, 1.807) is 61.5 Å². The van der Waals surface area contributed by atoms with E-state index in [0.717, 1.165) is 0 Å². The summed E-state index contributed by atoms with van der Waals surface area (Å²) in [6, 6.07) is 16.9. The van der Waals surface area contributed by atoms with Gasteiger partial charge in [0.2, 0.25) is 11.8 Å². The summed E-state index contributed by atoms with van der Waals surface area (Å²) < 4.78 is 27.3. The normalized spacial score (nSPS) is 26.6. The number of hydrogen-bond donors (Lipinski definition) is 0. The fraction of sp³-hybridized carbons (Fsp3) is 0.360. The monoisotopic (exact) mass is 437 g/mol. The Hall–Kier alpha value is -2.73. The predicted octanol–water partition coefficient (Wildman–Crippen LogP) is 4.26. The van der Waals surface area contributed by atoms with Crippen molar-refractivity contribution in [1.29, 1.82) is 0 Å². The number of sulfone groups is 1. The van der Waals surface area contributed by atoms with Gasteiger partial charge in [-0.15, -0.1) is 0 Å². The van der Waals surface area contributed by atoms with Gasteiger partial charge in [-0.1, -0.05) is 68.8 Å². The molecule has 1 aliphatic heterocycles. The van der Waals surface area contributed by atoms with Crippen molar-refractivity contribution in [3.05, 3.63) is 72.3 Å². The molecule has 1 saturated heterocycles. The molecule has 2 aliphatic rings. The van der Waals surface area contributed by atoms with Crippen LogP contribution in [0.25, 0.3) is 0 Å². The Morgan fingerprint density at radius 1 is 0.806 bits per heavy atom. The lowest BCUT2D eigenvalue weighted by molar-refractivity contribution is -0.123. The first-order valence-corrected chi connectivity index (χ1v) is 12.0. The fourth-order valence-electron chi connectivity index (χ4n) is 4.99. The van der Waals surface area contributed by atoms with Crippen LogP contribution in [0.1, 0.15) is 27.7 Å². The maximum Gasteiger partial charge on any atom is 0.239 e. The first-order chi connectivity index (χ1) is 14.5. The van der Waals surface area contributed by atoms with Crippen molar-refractivity contribution in [2.75, 3.05) is 4.90 Å². The number of nitrogens with zero attached hydrogens (tertiary/aromatic N) is 1. The van der Waals surface area contributed by atoms with Gasteiger partial charge >= 0.3 is 0 Å². The number of fused-ring (bicyclic) bond motifs is 1. The summed E-state index contributed by atoms with van der Waals surface area (Å²) >= 11 is 0. The van der Waals surface area contributed by atoms with Crippen LogP contribution in [0.5, 0.6) is 0 Å². The van der Waals surface area contributed by atoms with Crippen molar-refractivity contribution in [2.24, 2.45) is 23.2 Å². The van der Waals surface area contributed by atoms with Crippen molar-refractivity contribution < 1.29 is 18.0 Å². The molecule has 2 amide bonds. The van der Waals surface area contributed by atoms with Crippen molar-refractivity contribution in [3.8, 4) is 0 Å². The Balaban J connectivity index is 1.91. The van der Waals surface area contributed by atoms with E-state index < -0.39 is 32.8 Å². The standard InChI is InChI=1S/C25H27NO4S/c1-16-15-19(25(2,3)4)20-21(22(16)31(29,30)18-13-9-6-10-14-18)24(28)26(23(20)27)17-11-7-5-8-12-17/h5-15,19-22H,1-4H3/t19-,20-,21-,22+/m1/s1. The summed E-state index contributed by atoms with van der Waals surface area (Å²) in [6.07, 6.45) is 1.91. The van der Waals surface area contributed by atoms with Crippen molar-refractivity contribution >= 4 is 27.3 Å². The Morgan fingerprint density at radius 3 is 1.87 bits per heavy atom. The summed E-state index contributed by atoms with van der Waals surface area (Å²) in [5.74, 6) is -2.68. The number of anilines is 1. The van der Waals surface area contributed by atoms with Crippen LogP contribution in [0.4, 0.5) is 5.69 Å². The molecule has 0 saturated carbocycles. The smallest absolute Gasteiger partial charge is 0.239 e. The molecule has 0 unspecified atom stereocenters. The van der Waals surface area contributed by atoms with Gasteiger partial charge in [0.1, 0.15) is 0 Å². The Bertz CT molecular complexity index is 1150. The highest BCUT2D eigenvalue weighted by Gasteiger charge is 2.60. The lowest BCUT2D eigenvalue weighted by atomic mass is 9.64. The second-order valence-corrected chi connectivity index (χ2v) is 11.5. The highest BCUT2D eigenvalue weighted by Crippen LogP contribution is 2.51. The number of hydrogen-bond acceptors (Lipinski definition) is 4. The molecule has 2 aromatic rings. The number of rotatable bonds is 3. The van der Waals surface area contributed by atoms with Gasteiger partial charge in [0.15, 0.2) is 9.84 Å². The zero-order valence-corrected chi connectivity index (χ0v) is 19.0. The maximum atomic E-state index is 13.7. The van der Waals surface area contributed by atoms with E-state index in [4.69, 9.17) is 0 Å². The van der Waals surface area contributed by atoms with Crippen molar-refractivity contribution in [2.45, 2.75) is 37.8 Å². The Kier molecular flexibility index (Phi) is 5.16. The van der Waals surface area contributed by atoms with Gasteiger partial charge in [-0.05, 0) is 42.5 Å². The minimum absolute atomic E-state index is 0.166. The highest BCUT2D eigenvalue weighted by molar-refractivity contribution is 7.92. The summed E-state index contributed by atoms with van der Waals surface area (Å²) in [6.45, 7) is 7.83. The number of para-hydroxylation sites is 1. The molecule has 1 aliphatic carbocycles. The van der Waals surface area contributed by atoms with Gasteiger partial charge < -0.3 is 0 Å². The molecule has 1 heterocycles. The molecule has 0 bridgehead atoms. The summed E-state index contributed by atoms with van der Waals surface area (Å²) in [5, 5.41) is -1.07. The molecule has 4 atom stereocenters. The van der Waals surface area contributed by atoms with Crippen molar-refractivity contribution in [3.63, 3.8) is 0 Å². The molecule has 0 spiro atoms. The van der Waals surface area contributed by atoms with E-state index in [9.17, 15) is 18.0 Å². The van der Waals surface area contributed by atoms with E-state index in [1.165, 1.54) is 4.90 Å². The minimum atomic E-state index is -3.86. The number of carbonyl (C=O) groups is 2. The molecule has 0 N–H and O–H groups in total. The summed E-state index contributed by atoms with van der Waals surface area (Å²) in [4.78, 5) is 28.6. The molecular weight excluding hydrogens is 410 g/mol. The van der Waals surface area contributed by atoms with Crippen LogP contribution in [0.3, 0.4) is 0 Å². The van der Waals surface area contributed by atoms with Gasteiger partial charge in [0.25, 0.3) is 0 Å². The van der Waals surface area contributed by atoms with Crippen LogP contribution in [-0.4, -0.2) is 25.5 Å². The first kappa shape index (κ1) is 21.5. The zero-order chi connectivity index (χ0) is 22.6. The quantitative estimate of drug-likeness (QED) is 0.531. The van der Waals surface area contributed by atoms with Gasteiger partial charge in [-0.3, -0.25) is 9.59 Å². The van der Waals surface area contributed by atoms with Crippen LogP contribution in [0.15, 0.2) is 77.2 Å². The van der Waals surface area contributed by atoms with Crippen molar-refractivity contribution in [1.82, 2.24) is 0 Å². The van der Waals surface area contributed by atoms with Crippen LogP contribution in [0.2, 0.25) is 0 Å². The molecule has 0 radical (unpaired) electrons. The average molecular weight is 438 g/mol. The molecule has 1 fully saturated rings. The van der Waals surface area contributed by atoms with Gasteiger partial charge in [0.05, 0.1) is 27.7 Å². The second-order valence-electron chi connectivity index (χ2n) is 9.48. The van der Waals surface area contributed by atoms with Crippen LogP contribution in [-0.2, 0) is 19.4 Å². The molecule has 6 heteroatoms. The molecule has 162 valence electrons. The number of benzene rings is 2. The lowest BCUT2D eigenvalue weighted by Gasteiger charge is -2.40. The fourth-order valence-corrected chi connectivity index (χ4v) is 7.06. The van der Waals surface area contributed by atoms with Crippen LogP contribution < -0.4 is 4.90 Å². The first-order valence-electron chi connectivity index (χ1n) is 10.5. The van der Waals surface area contributed by atoms with Crippen LogP contribution >= 0.6 is 0 Å². The van der Waals surface area contributed by atoms with Gasteiger partial charge in [0, 0.05) is 0 Å². The molecule has 5 nitrogen and oxygen atoms in total. The van der Waals surface area contributed by atoms with E-state index in [1.807, 2.05) is 32.9 Å². The minimum Gasteiger partial charge on any atom is -0.274 e. The third-order valence-electron chi connectivity index (χ3n) is 6.42. The Labute approximate surface area is 183 Å². The summed E-state index contributed by atoms with van der Waals surface area (Å²) in [7, 11) is -3.86. The maximum absolute atomic E-state index is 13.7.